The number of carbonyl (C=O) groups excluding carboxylic acids is 1. The minimum absolute atomic E-state index is 0.111. The highest BCUT2D eigenvalue weighted by molar-refractivity contribution is 7.89. The number of nitrogens with one attached hydrogen (secondary N) is 1. The molecular weight excluding hydrogens is 242 g/mol. The van der Waals surface area contributed by atoms with Gasteiger partial charge in [0.15, 0.2) is 0 Å². The average Bonchev–Trinajstić information content (AvgIpc) is 2.73. The van der Waals surface area contributed by atoms with E-state index >= 15 is 0 Å². The number of hydrogen-bond donors (Lipinski definition) is 1. The highest BCUT2D eigenvalue weighted by Gasteiger charge is 2.17. The number of sulfonamides is 1. The number of aryl methyl sites for hydroxylation is 2. The summed E-state index contributed by atoms with van der Waals surface area (Å²) in [5, 5.41) is 10.2. The maximum absolute atomic E-state index is 11.7. The molecule has 92 valence electrons. The van der Waals surface area contributed by atoms with Crippen LogP contribution in [0.4, 0.5) is 0 Å². The molecule has 0 heterocycles. The van der Waals surface area contributed by atoms with Crippen molar-refractivity contribution in [2.75, 3.05) is 6.54 Å². The Balaban J connectivity index is 2.24. The first kappa shape index (κ1) is 12.1. The van der Waals surface area contributed by atoms with Crippen LogP contribution in [0, 0.1) is 0 Å². The van der Waals surface area contributed by atoms with Gasteiger partial charge in [-0.2, -0.15) is 0 Å². The van der Waals surface area contributed by atoms with E-state index in [1.165, 1.54) is 11.6 Å². The number of hydrogen-bond acceptors (Lipinski definition) is 4. The fraction of sp³-hybridized carbons (Fsp3) is 0.364. The zero-order valence-electron chi connectivity index (χ0n) is 9.10. The van der Waals surface area contributed by atoms with Crippen molar-refractivity contribution in [3.05, 3.63) is 29.3 Å². The van der Waals surface area contributed by atoms with E-state index in [0.29, 0.717) is 0 Å². The summed E-state index contributed by atoms with van der Waals surface area (Å²) in [6.45, 7) is -0.709. The SMILES string of the molecule is O=C([O-])CNS(=O)(=O)c1ccc2c(c1)CCC2. The molecule has 2 rings (SSSR count). The highest BCUT2D eigenvalue weighted by atomic mass is 32.2. The van der Waals surface area contributed by atoms with Gasteiger partial charge >= 0.3 is 0 Å². The third-order valence-electron chi connectivity index (χ3n) is 2.79. The Kier molecular flexibility index (Phi) is 3.17. The number of rotatable bonds is 4. The molecule has 0 fully saturated rings. The summed E-state index contributed by atoms with van der Waals surface area (Å²) in [4.78, 5) is 10.3. The highest BCUT2D eigenvalue weighted by Crippen LogP contribution is 2.24. The van der Waals surface area contributed by atoms with E-state index in [1.54, 1.807) is 12.1 Å². The van der Waals surface area contributed by atoms with Crippen LogP contribution in [0.3, 0.4) is 0 Å². The summed E-state index contributed by atoms with van der Waals surface area (Å²) in [6, 6.07) is 4.90. The maximum atomic E-state index is 11.7. The predicted molar refractivity (Wildman–Crippen MR) is 58.7 cm³/mol. The van der Waals surface area contributed by atoms with Crippen molar-refractivity contribution < 1.29 is 18.3 Å². The van der Waals surface area contributed by atoms with Crippen molar-refractivity contribution in [1.82, 2.24) is 4.72 Å². The van der Waals surface area contributed by atoms with Gasteiger partial charge in [0.25, 0.3) is 0 Å². The molecule has 0 bridgehead atoms. The van der Waals surface area contributed by atoms with Crippen LogP contribution in [0.15, 0.2) is 23.1 Å². The van der Waals surface area contributed by atoms with Gasteiger partial charge in [-0.05, 0) is 42.5 Å². The summed E-state index contributed by atoms with van der Waals surface area (Å²) in [5.41, 5.74) is 2.20. The number of carboxylic acids is 1. The Labute approximate surface area is 99.5 Å². The van der Waals surface area contributed by atoms with Gasteiger partial charge in [-0.3, -0.25) is 0 Å². The Morgan fingerprint density at radius 2 is 2.00 bits per heavy atom. The number of aliphatic carboxylic acids is 1. The Hall–Kier alpha value is -1.40. The molecule has 17 heavy (non-hydrogen) atoms. The molecule has 0 saturated carbocycles. The van der Waals surface area contributed by atoms with E-state index in [2.05, 4.69) is 0 Å². The fourth-order valence-corrected chi connectivity index (χ4v) is 2.97. The minimum Gasteiger partial charge on any atom is -0.549 e. The van der Waals surface area contributed by atoms with Crippen LogP contribution in [-0.2, 0) is 27.7 Å². The minimum atomic E-state index is -3.75. The van der Waals surface area contributed by atoms with E-state index < -0.39 is 22.5 Å². The van der Waals surface area contributed by atoms with E-state index in [0.717, 1.165) is 24.8 Å². The van der Waals surface area contributed by atoms with Gasteiger partial charge in [-0.15, -0.1) is 0 Å². The lowest BCUT2D eigenvalue weighted by atomic mass is 10.1. The van der Waals surface area contributed by atoms with Gasteiger partial charge in [0.05, 0.1) is 17.4 Å². The van der Waals surface area contributed by atoms with Gasteiger partial charge in [0.2, 0.25) is 10.0 Å². The summed E-state index contributed by atoms with van der Waals surface area (Å²) in [7, 11) is -3.75. The standard InChI is InChI=1S/C11H13NO4S/c13-11(14)7-12-17(15,16)10-5-4-8-2-1-3-9(8)6-10/h4-6,12H,1-3,7H2,(H,13,14)/p-1. The quantitative estimate of drug-likeness (QED) is 0.762. The zero-order valence-corrected chi connectivity index (χ0v) is 9.92. The van der Waals surface area contributed by atoms with Crippen molar-refractivity contribution in [2.24, 2.45) is 0 Å². The van der Waals surface area contributed by atoms with Gasteiger partial charge in [0.1, 0.15) is 0 Å². The summed E-state index contributed by atoms with van der Waals surface area (Å²) in [5.74, 6) is -1.45. The molecule has 1 aromatic rings. The largest absolute Gasteiger partial charge is 0.549 e. The van der Waals surface area contributed by atoms with Crippen LogP contribution in [0.2, 0.25) is 0 Å². The summed E-state index contributed by atoms with van der Waals surface area (Å²) in [6.07, 6.45) is 2.88. The third kappa shape index (κ3) is 2.65. The second-order valence-electron chi connectivity index (χ2n) is 3.98. The Morgan fingerprint density at radius 3 is 2.71 bits per heavy atom. The van der Waals surface area contributed by atoms with Crippen LogP contribution in [0.1, 0.15) is 17.5 Å². The molecule has 1 aromatic carbocycles. The van der Waals surface area contributed by atoms with Crippen molar-refractivity contribution in [2.45, 2.75) is 24.2 Å². The first-order valence-electron chi connectivity index (χ1n) is 5.30. The van der Waals surface area contributed by atoms with E-state index in [9.17, 15) is 18.3 Å². The second-order valence-corrected chi connectivity index (χ2v) is 5.75. The third-order valence-corrected chi connectivity index (χ3v) is 4.19. The van der Waals surface area contributed by atoms with Gasteiger partial charge < -0.3 is 9.90 Å². The molecule has 0 unspecified atom stereocenters. The first-order valence-corrected chi connectivity index (χ1v) is 6.79. The van der Waals surface area contributed by atoms with Crippen molar-refractivity contribution >= 4 is 16.0 Å². The van der Waals surface area contributed by atoms with E-state index in [1.807, 2.05) is 4.72 Å². The molecule has 0 spiro atoms. The molecule has 0 aliphatic heterocycles. The average molecular weight is 254 g/mol. The number of benzene rings is 1. The normalized spacial score (nSPS) is 14.6. The molecular formula is C11H12NO4S-. The molecule has 5 nitrogen and oxygen atoms in total. The molecule has 1 N–H and O–H groups in total. The fourth-order valence-electron chi connectivity index (χ4n) is 1.95. The van der Waals surface area contributed by atoms with Gasteiger partial charge in [0, 0.05) is 0 Å². The number of carbonyl (C=O) groups is 1. The molecule has 1 aliphatic carbocycles. The van der Waals surface area contributed by atoms with E-state index in [4.69, 9.17) is 0 Å². The Bertz CT molecular complexity index is 551. The molecule has 0 saturated heterocycles. The molecule has 0 aromatic heterocycles. The van der Waals surface area contributed by atoms with Crippen LogP contribution in [0.25, 0.3) is 0 Å². The van der Waals surface area contributed by atoms with E-state index in [-0.39, 0.29) is 4.90 Å². The first-order chi connectivity index (χ1) is 7.99. The zero-order chi connectivity index (χ0) is 12.5. The summed E-state index contributed by atoms with van der Waals surface area (Å²) >= 11 is 0. The van der Waals surface area contributed by atoms with Crippen LogP contribution < -0.4 is 9.83 Å². The maximum Gasteiger partial charge on any atom is 0.240 e. The van der Waals surface area contributed by atoms with Crippen LogP contribution >= 0.6 is 0 Å². The van der Waals surface area contributed by atoms with Crippen LogP contribution in [0.5, 0.6) is 0 Å². The molecule has 1 aliphatic rings. The number of carboxylic acid groups (broad SMARTS) is 1. The summed E-state index contributed by atoms with van der Waals surface area (Å²) < 4.78 is 25.4. The van der Waals surface area contributed by atoms with Gasteiger partial charge in [-0.25, -0.2) is 13.1 Å². The van der Waals surface area contributed by atoms with Gasteiger partial charge in [-0.1, -0.05) is 6.07 Å². The lowest BCUT2D eigenvalue weighted by Crippen LogP contribution is -2.37. The second kappa shape index (κ2) is 4.46. The number of fused-ring (bicyclic) bond motifs is 1. The van der Waals surface area contributed by atoms with Crippen molar-refractivity contribution in [3.63, 3.8) is 0 Å². The molecule has 0 atom stereocenters. The lowest BCUT2D eigenvalue weighted by molar-refractivity contribution is -0.303. The molecule has 0 amide bonds. The molecule has 6 heteroatoms. The smallest absolute Gasteiger partial charge is 0.240 e. The van der Waals surface area contributed by atoms with Crippen molar-refractivity contribution in [1.29, 1.82) is 0 Å². The lowest BCUT2D eigenvalue weighted by Gasteiger charge is -2.08. The predicted octanol–water partition coefficient (Wildman–Crippen LogP) is -0.796. The van der Waals surface area contributed by atoms with Crippen LogP contribution in [-0.4, -0.2) is 20.9 Å². The Morgan fingerprint density at radius 1 is 1.29 bits per heavy atom. The van der Waals surface area contributed by atoms with Crippen molar-refractivity contribution in [3.8, 4) is 0 Å². The topological polar surface area (TPSA) is 86.3 Å². The molecule has 0 radical (unpaired) electrons. The monoisotopic (exact) mass is 254 g/mol.